The van der Waals surface area contributed by atoms with Crippen LogP contribution < -0.4 is 25.6 Å². The summed E-state index contributed by atoms with van der Waals surface area (Å²) >= 11 is 0. The first-order valence-corrected chi connectivity index (χ1v) is 15.3. The van der Waals surface area contributed by atoms with Gasteiger partial charge in [-0.1, -0.05) is 39.0 Å². The molecule has 11 heteroatoms. The summed E-state index contributed by atoms with van der Waals surface area (Å²) in [5, 5.41) is 9.66. The van der Waals surface area contributed by atoms with E-state index in [1.54, 1.807) is 38.4 Å². The number of aromatic nitrogens is 2. The number of hydrogen-bond donors (Lipinski definition) is 3. The van der Waals surface area contributed by atoms with Crippen molar-refractivity contribution in [2.75, 3.05) is 37.5 Å². The van der Waals surface area contributed by atoms with Crippen LogP contribution in [0.5, 0.6) is 5.75 Å². The molecule has 44 heavy (non-hydrogen) atoms. The van der Waals surface area contributed by atoms with Gasteiger partial charge < -0.3 is 30.5 Å². The number of likely N-dealkylation sites (tertiary alicyclic amines) is 1. The largest absolute Gasteiger partial charge is 0.494 e. The summed E-state index contributed by atoms with van der Waals surface area (Å²) in [5.41, 5.74) is 3.00. The Hall–Kier alpha value is -4.25. The smallest absolute Gasteiger partial charge is 0.247 e. The van der Waals surface area contributed by atoms with Crippen LogP contribution in [0.2, 0.25) is 0 Å². The van der Waals surface area contributed by atoms with Crippen LogP contribution in [0.25, 0.3) is 10.9 Å². The quantitative estimate of drug-likeness (QED) is 0.356. The van der Waals surface area contributed by atoms with Gasteiger partial charge in [0, 0.05) is 30.2 Å². The normalized spacial score (nSPS) is 18.0. The Morgan fingerprint density at radius 2 is 1.84 bits per heavy atom. The van der Waals surface area contributed by atoms with E-state index in [-0.39, 0.29) is 17.7 Å². The SMILES string of the molecule is CN[C@@H](C)C(=O)N[C@H](C(=O)N1CCC[C@H]1C(=O)Nc1cc2c(N3CCCc4ccccc43)ncnc2cc1OC)C(C)(C)C. The van der Waals surface area contributed by atoms with Crippen LogP contribution in [-0.2, 0) is 20.8 Å². The first kappa shape index (κ1) is 31.2. The lowest BCUT2D eigenvalue weighted by atomic mass is 9.85. The van der Waals surface area contributed by atoms with Gasteiger partial charge in [-0.25, -0.2) is 9.97 Å². The number of rotatable bonds is 8. The summed E-state index contributed by atoms with van der Waals surface area (Å²) in [4.78, 5) is 53.4. The number of anilines is 3. The van der Waals surface area contributed by atoms with Gasteiger partial charge in [0.2, 0.25) is 17.7 Å². The van der Waals surface area contributed by atoms with Crippen molar-refractivity contribution in [2.24, 2.45) is 5.41 Å². The Bertz CT molecular complexity index is 1550. The number of para-hydroxylation sites is 1. The Labute approximate surface area is 258 Å². The Balaban J connectivity index is 1.43. The van der Waals surface area contributed by atoms with Gasteiger partial charge in [-0.3, -0.25) is 14.4 Å². The highest BCUT2D eigenvalue weighted by Gasteiger charge is 2.42. The predicted octanol–water partition coefficient (Wildman–Crippen LogP) is 3.79. The van der Waals surface area contributed by atoms with Gasteiger partial charge in [0.1, 0.15) is 30.0 Å². The minimum Gasteiger partial charge on any atom is -0.494 e. The van der Waals surface area contributed by atoms with Gasteiger partial charge in [0.05, 0.1) is 24.4 Å². The van der Waals surface area contributed by atoms with Crippen molar-refractivity contribution in [3.63, 3.8) is 0 Å². The van der Waals surface area contributed by atoms with Crippen molar-refractivity contribution in [3.8, 4) is 5.75 Å². The lowest BCUT2D eigenvalue weighted by Crippen LogP contribution is -2.59. The lowest BCUT2D eigenvalue weighted by molar-refractivity contribution is -0.143. The van der Waals surface area contributed by atoms with E-state index in [1.165, 1.54) is 5.56 Å². The van der Waals surface area contributed by atoms with Crippen LogP contribution >= 0.6 is 0 Å². The summed E-state index contributed by atoms with van der Waals surface area (Å²) in [6.07, 6.45) is 4.76. The number of hydrogen-bond acceptors (Lipinski definition) is 8. The number of amides is 3. The van der Waals surface area contributed by atoms with E-state index in [9.17, 15) is 14.4 Å². The second kappa shape index (κ2) is 12.8. The van der Waals surface area contributed by atoms with E-state index >= 15 is 0 Å². The molecule has 0 aliphatic carbocycles. The molecule has 0 spiro atoms. The van der Waals surface area contributed by atoms with Crippen LogP contribution in [-0.4, -0.2) is 78.0 Å². The molecule has 3 aromatic rings. The van der Waals surface area contributed by atoms with Gasteiger partial charge in [0.25, 0.3) is 0 Å². The molecule has 1 fully saturated rings. The molecule has 2 aliphatic heterocycles. The second-order valence-electron chi connectivity index (χ2n) is 12.6. The molecule has 2 aromatic carbocycles. The third-order valence-electron chi connectivity index (χ3n) is 8.62. The highest BCUT2D eigenvalue weighted by Crippen LogP contribution is 2.39. The number of nitrogens with zero attached hydrogens (tertiary/aromatic N) is 4. The second-order valence-corrected chi connectivity index (χ2v) is 12.6. The van der Waals surface area contributed by atoms with Gasteiger partial charge in [-0.15, -0.1) is 0 Å². The van der Waals surface area contributed by atoms with Crippen molar-refractivity contribution in [2.45, 2.75) is 71.5 Å². The number of likely N-dealkylation sites (N-methyl/N-ethyl adjacent to an activating group) is 1. The fraction of sp³-hybridized carbons (Fsp3) is 0.485. The molecule has 5 rings (SSSR count). The fourth-order valence-electron chi connectivity index (χ4n) is 6.04. The highest BCUT2D eigenvalue weighted by atomic mass is 16.5. The van der Waals surface area contributed by atoms with Crippen LogP contribution in [0.4, 0.5) is 17.2 Å². The minimum atomic E-state index is -0.790. The molecule has 3 N–H and O–H groups in total. The number of benzene rings is 2. The Morgan fingerprint density at radius 1 is 1.07 bits per heavy atom. The topological polar surface area (TPSA) is 129 Å². The summed E-state index contributed by atoms with van der Waals surface area (Å²) in [6.45, 7) is 8.71. The van der Waals surface area contributed by atoms with Crippen molar-refractivity contribution < 1.29 is 19.1 Å². The maximum absolute atomic E-state index is 13.9. The number of nitrogens with one attached hydrogen (secondary N) is 3. The predicted molar refractivity (Wildman–Crippen MR) is 171 cm³/mol. The number of carbonyl (C=O) groups is 3. The zero-order valence-electron chi connectivity index (χ0n) is 26.4. The number of carbonyl (C=O) groups excluding carboxylic acids is 3. The van der Waals surface area contributed by atoms with E-state index in [0.29, 0.717) is 36.3 Å². The zero-order chi connectivity index (χ0) is 31.6. The van der Waals surface area contributed by atoms with E-state index in [2.05, 4.69) is 49.0 Å². The van der Waals surface area contributed by atoms with Crippen LogP contribution in [0.3, 0.4) is 0 Å². The number of fused-ring (bicyclic) bond motifs is 2. The van der Waals surface area contributed by atoms with Gasteiger partial charge in [-0.2, -0.15) is 0 Å². The van der Waals surface area contributed by atoms with E-state index in [0.717, 1.165) is 36.3 Å². The first-order chi connectivity index (χ1) is 21.0. The highest BCUT2D eigenvalue weighted by molar-refractivity contribution is 6.03. The molecular formula is C33H43N7O4. The van der Waals surface area contributed by atoms with Crippen molar-refractivity contribution in [1.29, 1.82) is 0 Å². The van der Waals surface area contributed by atoms with Crippen molar-refractivity contribution in [3.05, 3.63) is 48.3 Å². The van der Waals surface area contributed by atoms with E-state index in [4.69, 9.17) is 4.74 Å². The van der Waals surface area contributed by atoms with Crippen molar-refractivity contribution >= 4 is 45.8 Å². The molecule has 11 nitrogen and oxygen atoms in total. The maximum Gasteiger partial charge on any atom is 0.247 e. The summed E-state index contributed by atoms with van der Waals surface area (Å²) in [5.74, 6) is 0.384. The van der Waals surface area contributed by atoms with E-state index < -0.39 is 23.5 Å². The average molecular weight is 602 g/mol. The molecule has 234 valence electrons. The molecule has 3 atom stereocenters. The Morgan fingerprint density at radius 3 is 2.57 bits per heavy atom. The molecule has 2 aliphatic rings. The number of ether oxygens (including phenoxy) is 1. The molecular weight excluding hydrogens is 558 g/mol. The molecule has 3 amide bonds. The molecule has 1 aromatic heterocycles. The number of aryl methyl sites for hydroxylation is 1. The van der Waals surface area contributed by atoms with Crippen molar-refractivity contribution in [1.82, 2.24) is 25.5 Å². The number of methoxy groups -OCH3 is 1. The van der Waals surface area contributed by atoms with Crippen LogP contribution in [0.1, 0.15) is 52.5 Å². The molecule has 0 radical (unpaired) electrons. The van der Waals surface area contributed by atoms with Crippen LogP contribution in [0.15, 0.2) is 42.7 Å². The fourth-order valence-corrected chi connectivity index (χ4v) is 6.04. The minimum absolute atomic E-state index is 0.267. The first-order valence-electron chi connectivity index (χ1n) is 15.3. The Kier molecular flexibility index (Phi) is 9.05. The molecule has 0 bridgehead atoms. The summed E-state index contributed by atoms with van der Waals surface area (Å²) < 4.78 is 5.67. The summed E-state index contributed by atoms with van der Waals surface area (Å²) in [7, 11) is 3.24. The summed E-state index contributed by atoms with van der Waals surface area (Å²) in [6, 6.07) is 10.1. The monoisotopic (exact) mass is 601 g/mol. The lowest BCUT2D eigenvalue weighted by Gasteiger charge is -2.36. The van der Waals surface area contributed by atoms with Crippen LogP contribution in [0, 0.1) is 5.41 Å². The third kappa shape index (κ3) is 6.19. The molecule has 0 unspecified atom stereocenters. The maximum atomic E-state index is 13.9. The van der Waals surface area contributed by atoms with Gasteiger partial charge >= 0.3 is 0 Å². The molecule has 1 saturated heterocycles. The molecule has 3 heterocycles. The molecule has 0 saturated carbocycles. The zero-order valence-corrected chi connectivity index (χ0v) is 26.4. The standard InChI is InChI=1S/C33H43N7O4/c1-20(34-5)30(41)38-28(33(2,3)4)32(43)40-16-10-14-26(40)31(42)37-24-17-22-23(18-27(24)44-6)35-19-36-29(22)39-15-9-12-21-11-7-8-13-25(21)39/h7-8,11,13,17-20,26,28,34H,9-10,12,14-16H2,1-6H3,(H,37,42)(H,38,41)/t20-,26-,28+/m0/s1. The van der Waals surface area contributed by atoms with Gasteiger partial charge in [0.15, 0.2) is 0 Å². The van der Waals surface area contributed by atoms with E-state index in [1.807, 2.05) is 32.9 Å². The average Bonchev–Trinajstić information content (AvgIpc) is 3.52. The van der Waals surface area contributed by atoms with Gasteiger partial charge in [-0.05, 0) is 62.8 Å². The third-order valence-corrected chi connectivity index (χ3v) is 8.62.